The molecule has 108 valence electrons. The molecule has 0 saturated carbocycles. The van der Waals surface area contributed by atoms with Gasteiger partial charge in [-0.25, -0.2) is 4.79 Å². The van der Waals surface area contributed by atoms with Crippen LogP contribution in [-0.4, -0.2) is 30.9 Å². The normalized spacial score (nSPS) is 11.3. The van der Waals surface area contributed by atoms with Crippen molar-refractivity contribution in [2.24, 2.45) is 5.73 Å². The Kier molecular flexibility index (Phi) is 5.08. The molecule has 1 aromatic carbocycles. The lowest BCUT2D eigenvalue weighted by Crippen LogP contribution is -2.42. The van der Waals surface area contributed by atoms with Gasteiger partial charge in [-0.05, 0) is 32.0 Å². The second kappa shape index (κ2) is 6.55. The second-order valence-electron chi connectivity index (χ2n) is 4.04. The number of nitrogens with two attached hydrogens (primary N) is 1. The van der Waals surface area contributed by atoms with Crippen LogP contribution in [0.25, 0.3) is 0 Å². The number of methoxy groups -OCH3 is 1. The molecule has 0 radical (unpaired) electrons. The fraction of sp³-hybridized carbons (Fsp3) is 0.308. The van der Waals surface area contributed by atoms with Crippen molar-refractivity contribution in [1.82, 2.24) is 5.32 Å². The van der Waals surface area contributed by atoms with Crippen molar-refractivity contribution in [2.75, 3.05) is 7.11 Å². The van der Waals surface area contributed by atoms with Gasteiger partial charge in [0, 0.05) is 5.56 Å². The summed E-state index contributed by atoms with van der Waals surface area (Å²) in [5.41, 5.74) is 5.31. The van der Waals surface area contributed by atoms with Gasteiger partial charge in [0.2, 0.25) is 0 Å². The van der Waals surface area contributed by atoms with E-state index in [0.717, 1.165) is 0 Å². The van der Waals surface area contributed by atoms with Crippen LogP contribution in [0.15, 0.2) is 18.2 Å². The number of hydrogen-bond acceptors (Lipinski definition) is 5. The van der Waals surface area contributed by atoms with Crippen molar-refractivity contribution in [3.63, 3.8) is 0 Å². The molecule has 1 aromatic rings. The van der Waals surface area contributed by atoms with Gasteiger partial charge in [-0.3, -0.25) is 14.9 Å². The monoisotopic (exact) mass is 280 g/mol. The van der Waals surface area contributed by atoms with E-state index in [-0.39, 0.29) is 11.5 Å². The minimum atomic E-state index is -0.954. The third-order valence-corrected chi connectivity index (χ3v) is 2.49. The number of nitrogens with one attached hydrogen (secondary N) is 1. The van der Waals surface area contributed by atoms with Crippen molar-refractivity contribution in [1.29, 1.82) is 0 Å². The molecule has 1 atom stereocenters. The quantitative estimate of drug-likeness (QED) is 0.778. The highest BCUT2D eigenvalue weighted by molar-refractivity contribution is 5.96. The summed E-state index contributed by atoms with van der Waals surface area (Å²) < 4.78 is 10.5. The molecule has 0 heterocycles. The van der Waals surface area contributed by atoms with Crippen molar-refractivity contribution in [2.45, 2.75) is 20.0 Å². The zero-order valence-electron chi connectivity index (χ0n) is 11.4. The number of Topliss-reactive ketones (excluding diaryl/α,β-unsaturated/α-hetero) is 1. The first-order valence-corrected chi connectivity index (χ1v) is 5.81. The number of rotatable bonds is 5. The van der Waals surface area contributed by atoms with Crippen LogP contribution in [0.1, 0.15) is 24.2 Å². The molecule has 0 saturated heterocycles. The van der Waals surface area contributed by atoms with E-state index in [1.165, 1.54) is 33.1 Å². The SMILES string of the molecule is COc1cc(C(C)=O)ccc1O[C@H](C)C(=O)NC(N)=O. The summed E-state index contributed by atoms with van der Waals surface area (Å²) in [6, 6.07) is 3.63. The van der Waals surface area contributed by atoms with E-state index in [1.54, 1.807) is 6.07 Å². The molecule has 1 rings (SSSR count). The van der Waals surface area contributed by atoms with E-state index >= 15 is 0 Å². The molecule has 3 N–H and O–H groups in total. The molecule has 20 heavy (non-hydrogen) atoms. The first-order valence-electron chi connectivity index (χ1n) is 5.81. The maximum atomic E-state index is 11.5. The van der Waals surface area contributed by atoms with Crippen LogP contribution in [0, 0.1) is 0 Å². The highest BCUT2D eigenvalue weighted by Crippen LogP contribution is 2.29. The summed E-state index contributed by atoms with van der Waals surface area (Å²) in [5, 5.41) is 1.91. The largest absolute Gasteiger partial charge is 0.493 e. The maximum absolute atomic E-state index is 11.5. The summed E-state index contributed by atoms with van der Waals surface area (Å²) >= 11 is 0. The number of ether oxygens (including phenoxy) is 2. The molecule has 0 aliphatic rings. The zero-order chi connectivity index (χ0) is 15.3. The standard InChI is InChI=1S/C13H16N2O5/c1-7(16)9-4-5-10(11(6-9)19-3)20-8(2)12(17)15-13(14)18/h4-6,8H,1-3H3,(H3,14,15,17,18)/t8-/m1/s1. The fourth-order valence-electron chi connectivity index (χ4n) is 1.45. The third-order valence-electron chi connectivity index (χ3n) is 2.49. The van der Waals surface area contributed by atoms with E-state index in [9.17, 15) is 14.4 Å². The average molecular weight is 280 g/mol. The predicted octanol–water partition coefficient (Wildman–Crippen LogP) is 0.860. The van der Waals surface area contributed by atoms with E-state index in [1.807, 2.05) is 5.32 Å². The third kappa shape index (κ3) is 3.98. The number of hydrogen-bond donors (Lipinski definition) is 2. The number of carbonyl (C=O) groups is 3. The van der Waals surface area contributed by atoms with E-state index < -0.39 is 18.0 Å². The van der Waals surface area contributed by atoms with Crippen LogP contribution in [0.2, 0.25) is 0 Å². The average Bonchev–Trinajstić information content (AvgIpc) is 2.37. The lowest BCUT2D eigenvalue weighted by atomic mass is 10.1. The van der Waals surface area contributed by atoms with Crippen LogP contribution < -0.4 is 20.5 Å². The number of carbonyl (C=O) groups excluding carboxylic acids is 3. The minimum Gasteiger partial charge on any atom is -0.493 e. The number of urea groups is 1. The van der Waals surface area contributed by atoms with Crippen molar-refractivity contribution < 1.29 is 23.9 Å². The van der Waals surface area contributed by atoms with Gasteiger partial charge < -0.3 is 15.2 Å². The summed E-state index contributed by atoms with van der Waals surface area (Å²) in [5.74, 6) is -0.189. The number of benzene rings is 1. The molecule has 3 amide bonds. The smallest absolute Gasteiger partial charge is 0.318 e. The molecule has 0 aliphatic carbocycles. The number of ketones is 1. The second-order valence-corrected chi connectivity index (χ2v) is 4.04. The molecule has 7 nitrogen and oxygen atoms in total. The number of primary amides is 1. The van der Waals surface area contributed by atoms with Crippen molar-refractivity contribution in [3.8, 4) is 11.5 Å². The highest BCUT2D eigenvalue weighted by atomic mass is 16.5. The predicted molar refractivity (Wildman–Crippen MR) is 70.8 cm³/mol. The zero-order valence-corrected chi connectivity index (χ0v) is 11.4. The summed E-state index contributed by atoms with van der Waals surface area (Å²) in [4.78, 5) is 33.3. The van der Waals surface area contributed by atoms with Crippen LogP contribution in [0.3, 0.4) is 0 Å². The Hall–Kier alpha value is -2.57. The van der Waals surface area contributed by atoms with Gasteiger partial charge in [0.05, 0.1) is 7.11 Å². The molecule has 0 aliphatic heterocycles. The van der Waals surface area contributed by atoms with Crippen LogP contribution in [-0.2, 0) is 4.79 Å². The Morgan fingerprint density at radius 1 is 1.25 bits per heavy atom. The molecular weight excluding hydrogens is 264 g/mol. The number of amides is 3. The minimum absolute atomic E-state index is 0.116. The van der Waals surface area contributed by atoms with Gasteiger partial charge in [-0.1, -0.05) is 0 Å². The maximum Gasteiger partial charge on any atom is 0.318 e. The molecule has 7 heteroatoms. The van der Waals surface area contributed by atoms with Gasteiger partial charge in [-0.2, -0.15) is 0 Å². The van der Waals surface area contributed by atoms with Gasteiger partial charge in [0.1, 0.15) is 0 Å². The lowest BCUT2D eigenvalue weighted by Gasteiger charge is -2.16. The first-order chi connectivity index (χ1) is 9.35. The van der Waals surface area contributed by atoms with Gasteiger partial charge >= 0.3 is 6.03 Å². The molecule has 0 bridgehead atoms. The van der Waals surface area contributed by atoms with Crippen LogP contribution in [0.4, 0.5) is 4.79 Å². The Morgan fingerprint density at radius 3 is 2.40 bits per heavy atom. The Labute approximate surface area is 116 Å². The van der Waals surface area contributed by atoms with Crippen LogP contribution >= 0.6 is 0 Å². The van der Waals surface area contributed by atoms with E-state index in [2.05, 4.69) is 0 Å². The van der Waals surface area contributed by atoms with Crippen molar-refractivity contribution in [3.05, 3.63) is 23.8 Å². The van der Waals surface area contributed by atoms with Gasteiger partial charge in [0.25, 0.3) is 5.91 Å². The fourth-order valence-corrected chi connectivity index (χ4v) is 1.45. The lowest BCUT2D eigenvalue weighted by molar-refractivity contribution is -0.126. The molecule has 0 fully saturated rings. The molecule has 0 unspecified atom stereocenters. The van der Waals surface area contributed by atoms with Gasteiger partial charge in [0.15, 0.2) is 23.4 Å². The molecular formula is C13H16N2O5. The summed E-state index contributed by atoms with van der Waals surface area (Å²) in [6.07, 6.45) is -0.945. The Morgan fingerprint density at radius 2 is 1.90 bits per heavy atom. The molecule has 0 spiro atoms. The van der Waals surface area contributed by atoms with E-state index in [0.29, 0.717) is 11.3 Å². The Balaban J connectivity index is 2.89. The first kappa shape index (κ1) is 15.5. The topological polar surface area (TPSA) is 108 Å². The van der Waals surface area contributed by atoms with Gasteiger partial charge in [-0.15, -0.1) is 0 Å². The molecule has 0 aromatic heterocycles. The summed E-state index contributed by atoms with van der Waals surface area (Å²) in [7, 11) is 1.42. The van der Waals surface area contributed by atoms with Crippen LogP contribution in [0.5, 0.6) is 11.5 Å². The number of imide groups is 1. The summed E-state index contributed by atoms with van der Waals surface area (Å²) in [6.45, 7) is 2.88. The highest BCUT2D eigenvalue weighted by Gasteiger charge is 2.18. The van der Waals surface area contributed by atoms with E-state index in [4.69, 9.17) is 15.2 Å². The van der Waals surface area contributed by atoms with Crippen molar-refractivity contribution >= 4 is 17.7 Å². The Bertz CT molecular complexity index is 542.